The molecule has 0 saturated heterocycles. The largest absolute Gasteiger partial charge is 0.493 e. The smallest absolute Gasteiger partial charge is 0.251 e. The fraction of sp³-hybridized carbons (Fsp3) is 0.167. The number of halogens is 1. The molecular weight excluding hydrogens is 432 g/mol. The van der Waals surface area contributed by atoms with Crippen LogP contribution >= 0.6 is 11.6 Å². The van der Waals surface area contributed by atoms with Gasteiger partial charge in [-0.05, 0) is 42.0 Å². The molecule has 8 heteroatoms. The summed E-state index contributed by atoms with van der Waals surface area (Å²) in [5.74, 6) is 0.243. The zero-order valence-electron chi connectivity index (χ0n) is 17.7. The summed E-state index contributed by atoms with van der Waals surface area (Å²) in [7, 11) is 2.96. The van der Waals surface area contributed by atoms with Crippen molar-refractivity contribution < 1.29 is 23.8 Å². The molecule has 0 atom stereocenters. The van der Waals surface area contributed by atoms with Crippen molar-refractivity contribution >= 4 is 29.1 Å². The van der Waals surface area contributed by atoms with Crippen LogP contribution < -0.4 is 24.8 Å². The molecule has 0 unspecified atom stereocenters. The summed E-state index contributed by atoms with van der Waals surface area (Å²) in [4.78, 5) is 24.7. The second-order valence-corrected chi connectivity index (χ2v) is 7.16. The van der Waals surface area contributed by atoms with Crippen molar-refractivity contribution in [1.82, 2.24) is 5.32 Å². The van der Waals surface area contributed by atoms with Crippen LogP contribution in [0.5, 0.6) is 17.2 Å². The number of nitrogens with one attached hydrogen (secondary N) is 2. The quantitative estimate of drug-likeness (QED) is 0.503. The first-order valence-electron chi connectivity index (χ1n) is 9.76. The Morgan fingerprint density at radius 2 is 1.53 bits per heavy atom. The Hall–Kier alpha value is -3.71. The number of benzene rings is 3. The van der Waals surface area contributed by atoms with Crippen LogP contribution in [-0.2, 0) is 11.4 Å². The Balaban J connectivity index is 1.66. The number of rotatable bonds is 9. The van der Waals surface area contributed by atoms with Gasteiger partial charge >= 0.3 is 0 Å². The van der Waals surface area contributed by atoms with E-state index >= 15 is 0 Å². The molecule has 3 aromatic rings. The number of carbonyl (C=O) groups excluding carboxylic acids is 2. The molecule has 0 aromatic heterocycles. The topological polar surface area (TPSA) is 85.9 Å². The fourth-order valence-electron chi connectivity index (χ4n) is 2.88. The van der Waals surface area contributed by atoms with Crippen LogP contribution in [0, 0.1) is 0 Å². The minimum Gasteiger partial charge on any atom is -0.493 e. The molecule has 2 amide bonds. The Morgan fingerprint density at radius 3 is 2.12 bits per heavy atom. The highest BCUT2D eigenvalue weighted by atomic mass is 35.5. The zero-order chi connectivity index (χ0) is 22.9. The zero-order valence-corrected chi connectivity index (χ0v) is 18.4. The third-order valence-electron chi connectivity index (χ3n) is 4.49. The Kier molecular flexibility index (Phi) is 7.94. The number of hydrogen-bond acceptors (Lipinski definition) is 5. The molecule has 3 aromatic carbocycles. The molecule has 7 nitrogen and oxygen atoms in total. The van der Waals surface area contributed by atoms with Gasteiger partial charge in [-0.1, -0.05) is 41.9 Å². The third-order valence-corrected chi connectivity index (χ3v) is 4.74. The lowest BCUT2D eigenvalue weighted by molar-refractivity contribution is -0.115. The van der Waals surface area contributed by atoms with Crippen molar-refractivity contribution in [1.29, 1.82) is 0 Å². The van der Waals surface area contributed by atoms with Crippen molar-refractivity contribution in [3.63, 3.8) is 0 Å². The van der Waals surface area contributed by atoms with Crippen LogP contribution in [0.25, 0.3) is 0 Å². The lowest BCUT2D eigenvalue weighted by Crippen LogP contribution is -2.32. The van der Waals surface area contributed by atoms with E-state index in [4.69, 9.17) is 25.8 Å². The van der Waals surface area contributed by atoms with E-state index in [1.807, 2.05) is 30.3 Å². The van der Waals surface area contributed by atoms with Crippen molar-refractivity contribution in [3.05, 3.63) is 82.9 Å². The average Bonchev–Trinajstić information content (AvgIpc) is 2.82. The summed E-state index contributed by atoms with van der Waals surface area (Å²) < 4.78 is 16.7. The summed E-state index contributed by atoms with van der Waals surface area (Å²) in [6, 6.07) is 19.4. The number of amides is 2. The molecule has 0 bridgehead atoms. The van der Waals surface area contributed by atoms with E-state index in [1.165, 1.54) is 26.4 Å². The molecule has 0 aliphatic rings. The van der Waals surface area contributed by atoms with Gasteiger partial charge in [-0.25, -0.2) is 0 Å². The lowest BCUT2D eigenvalue weighted by Gasteiger charge is -2.16. The highest BCUT2D eigenvalue weighted by molar-refractivity contribution is 6.30. The molecule has 0 aliphatic carbocycles. The number of hydrogen-bond donors (Lipinski definition) is 2. The van der Waals surface area contributed by atoms with Gasteiger partial charge in [0, 0.05) is 16.3 Å². The predicted octanol–water partition coefficient (Wildman–Crippen LogP) is 4.30. The third kappa shape index (κ3) is 6.15. The molecule has 32 heavy (non-hydrogen) atoms. The number of anilines is 1. The van der Waals surface area contributed by atoms with Crippen molar-refractivity contribution in [2.24, 2.45) is 0 Å². The summed E-state index contributed by atoms with van der Waals surface area (Å²) in [5, 5.41) is 5.83. The van der Waals surface area contributed by atoms with Gasteiger partial charge in [0.25, 0.3) is 5.91 Å². The first-order valence-corrected chi connectivity index (χ1v) is 10.1. The Morgan fingerprint density at radius 1 is 0.906 bits per heavy atom. The van der Waals surface area contributed by atoms with Crippen molar-refractivity contribution in [3.8, 4) is 17.2 Å². The van der Waals surface area contributed by atoms with Gasteiger partial charge < -0.3 is 24.8 Å². The molecule has 2 N–H and O–H groups in total. The van der Waals surface area contributed by atoms with E-state index in [1.54, 1.807) is 24.3 Å². The monoisotopic (exact) mass is 454 g/mol. The molecule has 0 fully saturated rings. The molecule has 0 spiro atoms. The SMILES string of the molecule is COc1cc(C(=O)NCC(=O)Nc2ccc(Cl)cc2)cc(OC)c1OCc1ccccc1. The predicted molar refractivity (Wildman–Crippen MR) is 123 cm³/mol. The van der Waals surface area contributed by atoms with E-state index < -0.39 is 5.91 Å². The molecule has 0 radical (unpaired) electrons. The van der Waals surface area contributed by atoms with Gasteiger partial charge in [0.2, 0.25) is 11.7 Å². The normalized spacial score (nSPS) is 10.2. The van der Waals surface area contributed by atoms with Crippen LogP contribution in [0.4, 0.5) is 5.69 Å². The Bertz CT molecular complexity index is 1050. The molecule has 0 saturated carbocycles. The van der Waals surface area contributed by atoms with Crippen molar-refractivity contribution in [2.45, 2.75) is 6.61 Å². The molecule has 0 aliphatic heterocycles. The summed E-state index contributed by atoms with van der Waals surface area (Å²) in [5.41, 5.74) is 1.83. The molecule has 3 rings (SSSR count). The van der Waals surface area contributed by atoms with Gasteiger partial charge in [0.05, 0.1) is 20.8 Å². The first-order chi connectivity index (χ1) is 15.5. The minimum atomic E-state index is -0.456. The second kappa shape index (κ2) is 11.1. The Labute approximate surface area is 191 Å². The van der Waals surface area contributed by atoms with E-state index in [2.05, 4.69) is 10.6 Å². The van der Waals surface area contributed by atoms with Gasteiger partial charge in [0.15, 0.2) is 11.5 Å². The standard InChI is InChI=1S/C24H23ClN2O5/c1-30-20-12-17(13-21(31-2)23(20)32-15-16-6-4-3-5-7-16)24(29)26-14-22(28)27-19-10-8-18(25)9-11-19/h3-13H,14-15H2,1-2H3,(H,26,29)(H,27,28). The maximum Gasteiger partial charge on any atom is 0.251 e. The van der Waals surface area contributed by atoms with Crippen LogP contribution in [0.3, 0.4) is 0 Å². The maximum atomic E-state index is 12.6. The fourth-order valence-corrected chi connectivity index (χ4v) is 3.01. The maximum absolute atomic E-state index is 12.6. The average molecular weight is 455 g/mol. The van der Waals surface area contributed by atoms with Crippen LogP contribution in [-0.4, -0.2) is 32.6 Å². The van der Waals surface area contributed by atoms with Gasteiger partial charge in [-0.3, -0.25) is 9.59 Å². The van der Waals surface area contributed by atoms with Crippen molar-refractivity contribution in [2.75, 3.05) is 26.1 Å². The summed E-state index contributed by atoms with van der Waals surface area (Å²) in [6.07, 6.45) is 0. The molecule has 0 heterocycles. The lowest BCUT2D eigenvalue weighted by atomic mass is 10.1. The number of carbonyl (C=O) groups is 2. The molecule has 166 valence electrons. The van der Waals surface area contributed by atoms with Gasteiger partial charge in [-0.15, -0.1) is 0 Å². The highest BCUT2D eigenvalue weighted by Gasteiger charge is 2.18. The molecular formula is C24H23ClN2O5. The minimum absolute atomic E-state index is 0.210. The number of methoxy groups -OCH3 is 2. The van der Waals surface area contributed by atoms with Crippen LogP contribution in [0.15, 0.2) is 66.7 Å². The summed E-state index contributed by atoms with van der Waals surface area (Å²) in [6.45, 7) is 0.0995. The van der Waals surface area contributed by atoms with Crippen LogP contribution in [0.1, 0.15) is 15.9 Å². The first kappa shape index (κ1) is 23.0. The highest BCUT2D eigenvalue weighted by Crippen LogP contribution is 2.39. The second-order valence-electron chi connectivity index (χ2n) is 6.72. The van der Waals surface area contributed by atoms with E-state index in [0.717, 1.165) is 5.56 Å². The van der Waals surface area contributed by atoms with E-state index in [9.17, 15) is 9.59 Å². The van der Waals surface area contributed by atoms with E-state index in [0.29, 0.717) is 34.6 Å². The summed E-state index contributed by atoms with van der Waals surface area (Å²) >= 11 is 5.83. The van der Waals surface area contributed by atoms with Crippen LogP contribution in [0.2, 0.25) is 5.02 Å². The van der Waals surface area contributed by atoms with Gasteiger partial charge in [0.1, 0.15) is 6.61 Å². The van der Waals surface area contributed by atoms with E-state index in [-0.39, 0.29) is 18.0 Å². The van der Waals surface area contributed by atoms with Gasteiger partial charge in [-0.2, -0.15) is 0 Å². The number of ether oxygens (including phenoxy) is 3.